The van der Waals surface area contributed by atoms with Crippen LogP contribution in [0, 0.1) is 34.5 Å². The van der Waals surface area contributed by atoms with Gasteiger partial charge in [-0.3, -0.25) is 4.79 Å². The van der Waals surface area contributed by atoms with Crippen LogP contribution in [0.1, 0.15) is 33.6 Å². The number of carbonyl (C=O) groups excluding carboxylic acids is 1. The maximum absolute atomic E-state index is 13.4. The minimum Gasteiger partial charge on any atom is -0.321 e. The maximum Gasteiger partial charge on any atom is 0.230 e. The predicted octanol–water partition coefficient (Wildman–Crippen LogP) is 4.15. The van der Waals surface area contributed by atoms with Gasteiger partial charge in [-0.1, -0.05) is 27.2 Å². The highest BCUT2D eigenvalue weighted by Crippen LogP contribution is 2.30. The van der Waals surface area contributed by atoms with Gasteiger partial charge in [0.2, 0.25) is 11.7 Å². The minimum absolute atomic E-state index is 0.397. The van der Waals surface area contributed by atoms with E-state index in [2.05, 4.69) is 0 Å². The minimum atomic E-state index is -2.26. The van der Waals surface area contributed by atoms with Crippen LogP contribution in [0.15, 0.2) is 0 Å². The van der Waals surface area contributed by atoms with E-state index in [1.807, 2.05) is 0 Å². The molecule has 0 saturated carbocycles. The highest BCUT2D eigenvalue weighted by Gasteiger charge is 2.31. The molecule has 0 aliphatic heterocycles. The van der Waals surface area contributed by atoms with Gasteiger partial charge in [0.15, 0.2) is 23.3 Å². The van der Waals surface area contributed by atoms with Crippen molar-refractivity contribution in [3.05, 3.63) is 29.1 Å². The molecule has 2 nitrogen and oxygen atoms in total. The average Bonchev–Trinajstić information content (AvgIpc) is 2.38. The van der Waals surface area contributed by atoms with Crippen LogP contribution in [0.5, 0.6) is 0 Å². The Balaban J connectivity index is 3.20. The number of halogens is 5. The quantitative estimate of drug-likeness (QED) is 0.505. The largest absolute Gasteiger partial charge is 0.321 e. The number of amides is 1. The summed E-state index contributed by atoms with van der Waals surface area (Å²) in [4.78, 5) is 11.9. The van der Waals surface area contributed by atoms with Crippen molar-refractivity contribution in [3.63, 3.8) is 0 Å². The molecule has 0 unspecified atom stereocenters. The second-order valence-corrected chi connectivity index (χ2v) is 5.03. The van der Waals surface area contributed by atoms with E-state index >= 15 is 0 Å². The van der Waals surface area contributed by atoms with E-state index in [0.717, 1.165) is 0 Å². The first kappa shape index (κ1) is 16.4. The van der Waals surface area contributed by atoms with Gasteiger partial charge in [-0.15, -0.1) is 0 Å². The summed E-state index contributed by atoms with van der Waals surface area (Å²) in [6.45, 7) is 4.82. The van der Waals surface area contributed by atoms with Crippen molar-refractivity contribution in [2.24, 2.45) is 5.41 Å². The Bertz CT molecular complexity index is 513. The van der Waals surface area contributed by atoms with Gasteiger partial charge >= 0.3 is 0 Å². The lowest BCUT2D eigenvalue weighted by Crippen LogP contribution is -2.31. The summed E-state index contributed by atoms with van der Waals surface area (Å²) in [5.41, 5.74) is -2.31. The summed E-state index contributed by atoms with van der Waals surface area (Å²) in [6, 6.07) is 0. The van der Waals surface area contributed by atoms with E-state index in [-0.39, 0.29) is 0 Å². The van der Waals surface area contributed by atoms with E-state index < -0.39 is 46.1 Å². The molecule has 0 atom stereocenters. The number of hydrogen-bond donors (Lipinski definition) is 1. The van der Waals surface area contributed by atoms with E-state index in [0.29, 0.717) is 12.8 Å². The Morgan fingerprint density at radius 3 is 1.75 bits per heavy atom. The van der Waals surface area contributed by atoms with Crippen LogP contribution >= 0.6 is 0 Å². The first-order valence-electron chi connectivity index (χ1n) is 5.96. The van der Waals surface area contributed by atoms with E-state index in [9.17, 15) is 26.7 Å². The molecule has 112 valence electrons. The molecule has 1 aromatic carbocycles. The highest BCUT2D eigenvalue weighted by molar-refractivity contribution is 5.95. The number of hydrogen-bond acceptors (Lipinski definition) is 1. The van der Waals surface area contributed by atoms with Gasteiger partial charge in [-0.25, -0.2) is 22.0 Å². The molecular weight excluding hydrogens is 281 g/mol. The van der Waals surface area contributed by atoms with Crippen LogP contribution in [0.4, 0.5) is 27.6 Å². The second-order valence-electron chi connectivity index (χ2n) is 5.03. The third-order valence-corrected chi connectivity index (χ3v) is 2.94. The molecule has 0 saturated heterocycles. The zero-order valence-electron chi connectivity index (χ0n) is 11.2. The molecule has 0 bridgehead atoms. The van der Waals surface area contributed by atoms with E-state index in [4.69, 9.17) is 0 Å². The fraction of sp³-hybridized carbons (Fsp3) is 0.462. The fourth-order valence-electron chi connectivity index (χ4n) is 1.74. The lowest BCUT2D eigenvalue weighted by atomic mass is 9.87. The van der Waals surface area contributed by atoms with Crippen molar-refractivity contribution in [1.82, 2.24) is 0 Å². The molecule has 0 spiro atoms. The van der Waals surface area contributed by atoms with Gasteiger partial charge in [-0.2, -0.15) is 0 Å². The average molecular weight is 295 g/mol. The molecule has 0 aliphatic carbocycles. The molecule has 20 heavy (non-hydrogen) atoms. The Labute approximate surface area is 113 Å². The van der Waals surface area contributed by atoms with Gasteiger partial charge in [0.25, 0.3) is 0 Å². The lowest BCUT2D eigenvalue weighted by Gasteiger charge is -2.23. The molecule has 1 rings (SSSR count). The second kappa shape index (κ2) is 5.76. The van der Waals surface area contributed by atoms with Crippen LogP contribution < -0.4 is 5.32 Å². The summed E-state index contributed by atoms with van der Waals surface area (Å²) < 4.78 is 65.6. The van der Waals surface area contributed by atoms with Gasteiger partial charge in [-0.05, 0) is 6.42 Å². The molecule has 0 fully saturated rings. The van der Waals surface area contributed by atoms with Gasteiger partial charge < -0.3 is 5.32 Å². The Morgan fingerprint density at radius 1 is 0.950 bits per heavy atom. The molecule has 0 aliphatic rings. The fourth-order valence-corrected chi connectivity index (χ4v) is 1.74. The summed E-state index contributed by atoms with van der Waals surface area (Å²) in [5, 5.41) is 1.78. The van der Waals surface area contributed by atoms with Crippen LogP contribution in [0.3, 0.4) is 0 Å². The van der Waals surface area contributed by atoms with Crippen molar-refractivity contribution in [2.75, 3.05) is 5.32 Å². The number of benzene rings is 1. The Kier molecular flexibility index (Phi) is 4.73. The van der Waals surface area contributed by atoms with Crippen LogP contribution in [0.2, 0.25) is 0 Å². The monoisotopic (exact) mass is 295 g/mol. The third kappa shape index (κ3) is 2.91. The van der Waals surface area contributed by atoms with E-state index in [1.165, 1.54) is 13.8 Å². The summed E-state index contributed by atoms with van der Waals surface area (Å²) in [6.07, 6.45) is 1.02. The number of nitrogens with one attached hydrogen (secondary N) is 1. The van der Waals surface area contributed by atoms with Crippen LogP contribution in [-0.2, 0) is 4.79 Å². The summed E-state index contributed by atoms with van der Waals surface area (Å²) in [5.74, 6) is -11.4. The standard InChI is InChI=1S/C13H14F5NO/c1-4-5-13(2,3)12(20)19-11-9(17)7(15)6(14)8(16)10(11)18/h4-5H2,1-3H3,(H,19,20). The van der Waals surface area contributed by atoms with Gasteiger partial charge in [0, 0.05) is 5.41 Å². The topological polar surface area (TPSA) is 29.1 Å². The molecule has 1 N–H and O–H groups in total. The lowest BCUT2D eigenvalue weighted by molar-refractivity contribution is -0.124. The van der Waals surface area contributed by atoms with Crippen LogP contribution in [-0.4, -0.2) is 5.91 Å². The predicted molar refractivity (Wildman–Crippen MR) is 63.6 cm³/mol. The first-order chi connectivity index (χ1) is 9.13. The third-order valence-electron chi connectivity index (χ3n) is 2.94. The van der Waals surface area contributed by atoms with Crippen molar-refractivity contribution < 1.29 is 26.7 Å². The Hall–Kier alpha value is -1.66. The summed E-state index contributed by atoms with van der Waals surface area (Å²) in [7, 11) is 0. The number of rotatable bonds is 4. The van der Waals surface area contributed by atoms with Crippen molar-refractivity contribution >= 4 is 11.6 Å². The van der Waals surface area contributed by atoms with Crippen LogP contribution in [0.25, 0.3) is 0 Å². The number of carbonyl (C=O) groups is 1. The SMILES string of the molecule is CCCC(C)(C)C(=O)Nc1c(F)c(F)c(F)c(F)c1F. The van der Waals surface area contributed by atoms with Crippen molar-refractivity contribution in [3.8, 4) is 0 Å². The number of anilines is 1. The molecule has 0 heterocycles. The first-order valence-corrected chi connectivity index (χ1v) is 5.96. The highest BCUT2D eigenvalue weighted by atomic mass is 19.2. The Morgan fingerprint density at radius 2 is 1.35 bits per heavy atom. The van der Waals surface area contributed by atoms with E-state index in [1.54, 1.807) is 12.2 Å². The maximum atomic E-state index is 13.4. The van der Waals surface area contributed by atoms with Gasteiger partial charge in [0.05, 0.1) is 0 Å². The smallest absolute Gasteiger partial charge is 0.230 e. The van der Waals surface area contributed by atoms with Crippen molar-refractivity contribution in [2.45, 2.75) is 33.6 Å². The zero-order valence-corrected chi connectivity index (χ0v) is 11.2. The molecule has 1 aromatic rings. The normalized spacial score (nSPS) is 11.6. The molecule has 0 aromatic heterocycles. The van der Waals surface area contributed by atoms with Crippen molar-refractivity contribution in [1.29, 1.82) is 0 Å². The molecule has 7 heteroatoms. The zero-order chi connectivity index (χ0) is 15.7. The molecular formula is C13H14F5NO. The molecule has 0 radical (unpaired) electrons. The van der Waals surface area contributed by atoms with Gasteiger partial charge in [0.1, 0.15) is 5.69 Å². The molecule has 1 amide bonds. The summed E-state index contributed by atoms with van der Waals surface area (Å²) >= 11 is 0.